The molecule has 7 nitrogen and oxygen atoms in total. The van der Waals surface area contributed by atoms with Gasteiger partial charge in [0, 0.05) is 29.3 Å². The van der Waals surface area contributed by atoms with E-state index in [4.69, 9.17) is 4.52 Å². The van der Waals surface area contributed by atoms with Gasteiger partial charge in [-0.15, -0.1) is 0 Å². The van der Waals surface area contributed by atoms with Crippen LogP contribution in [0.5, 0.6) is 0 Å². The standard InChI is InChI=1S/C17H21N5O2/c1-4-11(5-2)15-7-13(24-22-15)9-19-17(23)12-6-14-10(3)20-21-16(14)18-8-12/h6-8,11H,4-5,9H2,1-3H3,(H,19,23)(H,18,20,21). The third-order valence-corrected chi connectivity index (χ3v) is 4.27. The summed E-state index contributed by atoms with van der Waals surface area (Å²) in [5, 5.41) is 14.7. The van der Waals surface area contributed by atoms with Crippen LogP contribution in [0.4, 0.5) is 0 Å². The second-order valence-electron chi connectivity index (χ2n) is 5.86. The summed E-state index contributed by atoms with van der Waals surface area (Å²) < 4.78 is 5.32. The van der Waals surface area contributed by atoms with Crippen molar-refractivity contribution in [1.82, 2.24) is 25.7 Å². The van der Waals surface area contributed by atoms with Gasteiger partial charge in [0.25, 0.3) is 5.91 Å². The van der Waals surface area contributed by atoms with Gasteiger partial charge in [-0.25, -0.2) is 4.98 Å². The lowest BCUT2D eigenvalue weighted by Gasteiger charge is -2.06. The molecule has 3 aromatic heterocycles. The Bertz CT molecular complexity index is 848. The maximum absolute atomic E-state index is 12.3. The Hall–Kier alpha value is -2.70. The van der Waals surface area contributed by atoms with Crippen molar-refractivity contribution in [3.63, 3.8) is 0 Å². The summed E-state index contributed by atoms with van der Waals surface area (Å²) in [6, 6.07) is 3.70. The van der Waals surface area contributed by atoms with Crippen LogP contribution in [0.1, 0.15) is 60.1 Å². The lowest BCUT2D eigenvalue weighted by Crippen LogP contribution is -2.22. The van der Waals surface area contributed by atoms with Crippen molar-refractivity contribution < 1.29 is 9.32 Å². The summed E-state index contributed by atoms with van der Waals surface area (Å²) in [6.45, 7) is 6.46. The molecule has 0 aliphatic heterocycles. The van der Waals surface area contributed by atoms with Gasteiger partial charge >= 0.3 is 0 Å². The summed E-state index contributed by atoms with van der Waals surface area (Å²) in [7, 11) is 0. The van der Waals surface area contributed by atoms with E-state index in [1.54, 1.807) is 6.07 Å². The summed E-state index contributed by atoms with van der Waals surface area (Å²) in [5.41, 5.74) is 2.93. The van der Waals surface area contributed by atoms with Gasteiger partial charge in [0.15, 0.2) is 11.4 Å². The molecule has 0 bridgehead atoms. The van der Waals surface area contributed by atoms with E-state index in [0.29, 0.717) is 29.4 Å². The number of pyridine rings is 1. The highest BCUT2D eigenvalue weighted by molar-refractivity contribution is 5.97. The fourth-order valence-electron chi connectivity index (χ4n) is 2.72. The zero-order valence-corrected chi connectivity index (χ0v) is 14.1. The van der Waals surface area contributed by atoms with Crippen LogP contribution in [0.2, 0.25) is 0 Å². The molecule has 0 fully saturated rings. The molecule has 126 valence electrons. The highest BCUT2D eigenvalue weighted by Crippen LogP contribution is 2.22. The van der Waals surface area contributed by atoms with E-state index < -0.39 is 0 Å². The number of hydrogen-bond acceptors (Lipinski definition) is 5. The van der Waals surface area contributed by atoms with Crippen LogP contribution >= 0.6 is 0 Å². The van der Waals surface area contributed by atoms with Crippen LogP contribution in [0.3, 0.4) is 0 Å². The molecule has 3 rings (SSSR count). The Morgan fingerprint density at radius 2 is 2.12 bits per heavy atom. The first-order valence-corrected chi connectivity index (χ1v) is 8.16. The fraction of sp³-hybridized carbons (Fsp3) is 0.412. The molecule has 0 radical (unpaired) electrons. The SMILES string of the molecule is CCC(CC)c1cc(CNC(=O)c2cnc3n[nH]c(C)c3c2)on1. The second-order valence-corrected chi connectivity index (χ2v) is 5.86. The number of aromatic nitrogens is 4. The number of amides is 1. The van der Waals surface area contributed by atoms with Crippen molar-refractivity contribution in [3.05, 3.63) is 41.0 Å². The number of fused-ring (bicyclic) bond motifs is 1. The summed E-state index contributed by atoms with van der Waals surface area (Å²) in [4.78, 5) is 16.5. The zero-order chi connectivity index (χ0) is 17.1. The Morgan fingerprint density at radius 1 is 1.33 bits per heavy atom. The molecule has 0 aromatic carbocycles. The molecule has 1 amide bonds. The van der Waals surface area contributed by atoms with Gasteiger partial charge in [-0.2, -0.15) is 5.10 Å². The predicted molar refractivity (Wildman–Crippen MR) is 89.6 cm³/mol. The van der Waals surface area contributed by atoms with Crippen LogP contribution < -0.4 is 5.32 Å². The number of rotatable bonds is 6. The molecule has 0 aliphatic rings. The molecule has 3 aromatic rings. The van der Waals surface area contributed by atoms with E-state index in [0.717, 1.165) is 29.6 Å². The molecule has 0 spiro atoms. The number of carbonyl (C=O) groups excluding carboxylic acids is 1. The smallest absolute Gasteiger partial charge is 0.253 e. The highest BCUT2D eigenvalue weighted by atomic mass is 16.5. The van der Waals surface area contributed by atoms with Crippen LogP contribution in [-0.4, -0.2) is 26.2 Å². The van der Waals surface area contributed by atoms with Gasteiger partial charge in [-0.3, -0.25) is 9.89 Å². The summed E-state index contributed by atoms with van der Waals surface area (Å²) in [6.07, 6.45) is 3.56. The van der Waals surface area contributed by atoms with Gasteiger partial charge in [0.05, 0.1) is 17.8 Å². The monoisotopic (exact) mass is 327 g/mol. The first-order chi connectivity index (χ1) is 11.6. The number of hydrogen-bond donors (Lipinski definition) is 2. The van der Waals surface area contributed by atoms with E-state index in [1.165, 1.54) is 6.20 Å². The van der Waals surface area contributed by atoms with Gasteiger partial charge < -0.3 is 9.84 Å². The minimum Gasteiger partial charge on any atom is -0.359 e. The minimum atomic E-state index is -0.203. The van der Waals surface area contributed by atoms with Crippen LogP contribution in [0, 0.1) is 6.92 Å². The number of H-pyrrole nitrogens is 1. The van der Waals surface area contributed by atoms with E-state index in [1.807, 2.05) is 13.0 Å². The number of nitrogens with zero attached hydrogens (tertiary/aromatic N) is 3. The average Bonchev–Trinajstić information content (AvgIpc) is 3.21. The maximum atomic E-state index is 12.3. The third kappa shape index (κ3) is 3.15. The zero-order valence-electron chi connectivity index (χ0n) is 14.1. The van der Waals surface area contributed by atoms with E-state index in [-0.39, 0.29) is 5.91 Å². The number of aryl methyl sites for hydroxylation is 1. The molecule has 3 heterocycles. The van der Waals surface area contributed by atoms with Gasteiger partial charge in [-0.1, -0.05) is 19.0 Å². The van der Waals surface area contributed by atoms with Crippen molar-refractivity contribution in [2.75, 3.05) is 0 Å². The van der Waals surface area contributed by atoms with E-state index >= 15 is 0 Å². The minimum absolute atomic E-state index is 0.203. The fourth-order valence-corrected chi connectivity index (χ4v) is 2.72. The Labute approximate surface area is 139 Å². The average molecular weight is 327 g/mol. The molecule has 0 atom stereocenters. The first kappa shape index (κ1) is 16.2. The molecule has 2 N–H and O–H groups in total. The van der Waals surface area contributed by atoms with E-state index in [2.05, 4.69) is 39.5 Å². The lowest BCUT2D eigenvalue weighted by molar-refractivity contribution is 0.0947. The number of nitrogens with one attached hydrogen (secondary N) is 2. The van der Waals surface area contributed by atoms with Crippen molar-refractivity contribution in [3.8, 4) is 0 Å². The van der Waals surface area contributed by atoms with Crippen LogP contribution in [-0.2, 0) is 6.54 Å². The lowest BCUT2D eigenvalue weighted by atomic mass is 9.99. The molecule has 0 unspecified atom stereocenters. The largest absolute Gasteiger partial charge is 0.359 e. The van der Waals surface area contributed by atoms with Crippen molar-refractivity contribution in [2.24, 2.45) is 0 Å². The third-order valence-electron chi connectivity index (χ3n) is 4.27. The molecule has 0 aliphatic carbocycles. The van der Waals surface area contributed by atoms with Gasteiger partial charge in [-0.05, 0) is 25.8 Å². The number of carbonyl (C=O) groups is 1. The Morgan fingerprint density at radius 3 is 2.88 bits per heavy atom. The normalized spacial score (nSPS) is 11.3. The van der Waals surface area contributed by atoms with Crippen molar-refractivity contribution >= 4 is 16.9 Å². The molecule has 7 heteroatoms. The summed E-state index contributed by atoms with van der Waals surface area (Å²) in [5.74, 6) is 0.845. The number of aromatic amines is 1. The van der Waals surface area contributed by atoms with E-state index in [9.17, 15) is 4.79 Å². The Kier molecular flexibility index (Phi) is 4.59. The Balaban J connectivity index is 1.67. The van der Waals surface area contributed by atoms with Gasteiger partial charge in [0.2, 0.25) is 0 Å². The quantitative estimate of drug-likeness (QED) is 0.725. The van der Waals surface area contributed by atoms with Crippen LogP contribution in [0.25, 0.3) is 11.0 Å². The van der Waals surface area contributed by atoms with Crippen LogP contribution in [0.15, 0.2) is 22.9 Å². The molecule has 24 heavy (non-hydrogen) atoms. The van der Waals surface area contributed by atoms with Crippen molar-refractivity contribution in [2.45, 2.75) is 46.1 Å². The highest BCUT2D eigenvalue weighted by Gasteiger charge is 2.14. The maximum Gasteiger partial charge on any atom is 0.253 e. The molecular weight excluding hydrogens is 306 g/mol. The molecule has 0 saturated heterocycles. The summed E-state index contributed by atoms with van der Waals surface area (Å²) >= 11 is 0. The first-order valence-electron chi connectivity index (χ1n) is 8.16. The van der Waals surface area contributed by atoms with Gasteiger partial charge in [0.1, 0.15) is 0 Å². The topological polar surface area (TPSA) is 96.7 Å². The van der Waals surface area contributed by atoms with Crippen molar-refractivity contribution in [1.29, 1.82) is 0 Å². The second kappa shape index (κ2) is 6.82. The molecular formula is C17H21N5O2. The molecule has 0 saturated carbocycles. The predicted octanol–water partition coefficient (Wildman–Crippen LogP) is 3.09.